The highest BCUT2D eigenvalue weighted by molar-refractivity contribution is 6.32. The van der Waals surface area contributed by atoms with Gasteiger partial charge in [0.05, 0.1) is 18.7 Å². The van der Waals surface area contributed by atoms with E-state index in [1.807, 2.05) is 19.9 Å². The second-order valence-electron chi connectivity index (χ2n) is 4.13. The van der Waals surface area contributed by atoms with Crippen LogP contribution in [-0.2, 0) is 6.54 Å². The number of rotatable bonds is 3. The van der Waals surface area contributed by atoms with Gasteiger partial charge in [-0.3, -0.25) is 0 Å². The number of hydrogen-bond donors (Lipinski definition) is 1. The first-order valence-electron chi connectivity index (χ1n) is 5.81. The summed E-state index contributed by atoms with van der Waals surface area (Å²) in [6, 6.07) is 3.66. The fourth-order valence-electron chi connectivity index (χ4n) is 1.80. The number of methoxy groups -OCH3 is 1. The standard InChI is InChI=1S/C13H15ClN4O/c1-7-4-11(19-3)10(14)5-9(7)13-17-8(2)16-12(6-15)18-13/h4-5H,6,15H2,1-3H3. The third kappa shape index (κ3) is 2.83. The number of benzene rings is 1. The number of nitrogens with zero attached hydrogens (tertiary/aromatic N) is 3. The van der Waals surface area contributed by atoms with E-state index < -0.39 is 0 Å². The molecule has 0 aliphatic rings. The van der Waals surface area contributed by atoms with E-state index in [9.17, 15) is 0 Å². The van der Waals surface area contributed by atoms with Crippen LogP contribution >= 0.6 is 11.6 Å². The van der Waals surface area contributed by atoms with Gasteiger partial charge < -0.3 is 10.5 Å². The Morgan fingerprint density at radius 3 is 2.58 bits per heavy atom. The lowest BCUT2D eigenvalue weighted by atomic mass is 10.1. The van der Waals surface area contributed by atoms with Crippen molar-refractivity contribution in [3.8, 4) is 17.1 Å². The molecular weight excluding hydrogens is 264 g/mol. The van der Waals surface area contributed by atoms with Gasteiger partial charge in [-0.25, -0.2) is 15.0 Å². The van der Waals surface area contributed by atoms with Crippen molar-refractivity contribution in [3.05, 3.63) is 34.4 Å². The summed E-state index contributed by atoms with van der Waals surface area (Å²) < 4.78 is 5.18. The van der Waals surface area contributed by atoms with E-state index in [4.69, 9.17) is 22.1 Å². The van der Waals surface area contributed by atoms with Crippen LogP contribution < -0.4 is 10.5 Å². The summed E-state index contributed by atoms with van der Waals surface area (Å²) in [6.07, 6.45) is 0. The number of aromatic nitrogens is 3. The Hall–Kier alpha value is -1.72. The first kappa shape index (κ1) is 13.7. The van der Waals surface area contributed by atoms with Gasteiger partial charge in [0.2, 0.25) is 0 Å². The molecule has 0 unspecified atom stereocenters. The highest BCUT2D eigenvalue weighted by Crippen LogP contribution is 2.32. The number of ether oxygens (including phenoxy) is 1. The maximum absolute atomic E-state index is 6.14. The lowest BCUT2D eigenvalue weighted by molar-refractivity contribution is 0.415. The van der Waals surface area contributed by atoms with Crippen molar-refractivity contribution in [2.24, 2.45) is 5.73 Å². The molecule has 0 bridgehead atoms. The van der Waals surface area contributed by atoms with E-state index in [0.29, 0.717) is 28.2 Å². The first-order valence-corrected chi connectivity index (χ1v) is 6.19. The average Bonchev–Trinajstić information content (AvgIpc) is 2.40. The molecule has 0 aliphatic heterocycles. The molecule has 0 fully saturated rings. The molecule has 0 saturated carbocycles. The Bertz CT molecular complexity index is 616. The van der Waals surface area contributed by atoms with Crippen LogP contribution in [-0.4, -0.2) is 22.1 Å². The maximum Gasteiger partial charge on any atom is 0.163 e. The smallest absolute Gasteiger partial charge is 0.163 e. The minimum atomic E-state index is 0.277. The summed E-state index contributed by atoms with van der Waals surface area (Å²) in [5, 5.41) is 0.524. The molecule has 1 aromatic carbocycles. The monoisotopic (exact) mass is 278 g/mol. The SMILES string of the molecule is COc1cc(C)c(-c2nc(C)nc(CN)n2)cc1Cl. The zero-order valence-corrected chi connectivity index (χ0v) is 11.8. The average molecular weight is 279 g/mol. The summed E-state index contributed by atoms with van der Waals surface area (Å²) >= 11 is 6.14. The molecule has 0 amide bonds. The minimum Gasteiger partial charge on any atom is -0.495 e. The van der Waals surface area contributed by atoms with E-state index in [-0.39, 0.29) is 6.54 Å². The van der Waals surface area contributed by atoms with E-state index in [2.05, 4.69) is 15.0 Å². The molecule has 2 rings (SSSR count). The molecule has 5 nitrogen and oxygen atoms in total. The molecule has 0 atom stereocenters. The van der Waals surface area contributed by atoms with Crippen LogP contribution in [0.4, 0.5) is 0 Å². The summed E-state index contributed by atoms with van der Waals surface area (Å²) in [7, 11) is 1.58. The van der Waals surface area contributed by atoms with E-state index >= 15 is 0 Å². The molecule has 0 saturated heterocycles. The van der Waals surface area contributed by atoms with Gasteiger partial charge in [0.1, 0.15) is 17.4 Å². The fraction of sp³-hybridized carbons (Fsp3) is 0.308. The van der Waals surface area contributed by atoms with Crippen molar-refractivity contribution in [3.63, 3.8) is 0 Å². The quantitative estimate of drug-likeness (QED) is 0.932. The van der Waals surface area contributed by atoms with Crippen LogP contribution in [0.5, 0.6) is 5.75 Å². The van der Waals surface area contributed by atoms with Gasteiger partial charge in [-0.1, -0.05) is 11.6 Å². The molecule has 1 aromatic heterocycles. The highest BCUT2D eigenvalue weighted by atomic mass is 35.5. The molecule has 0 spiro atoms. The van der Waals surface area contributed by atoms with Crippen molar-refractivity contribution in [1.82, 2.24) is 15.0 Å². The Kier molecular flexibility index (Phi) is 3.97. The zero-order chi connectivity index (χ0) is 14.0. The number of nitrogens with two attached hydrogens (primary N) is 1. The van der Waals surface area contributed by atoms with Crippen LogP contribution in [0, 0.1) is 13.8 Å². The summed E-state index contributed by atoms with van der Waals surface area (Å²) in [4.78, 5) is 12.8. The van der Waals surface area contributed by atoms with E-state index in [1.54, 1.807) is 13.2 Å². The van der Waals surface area contributed by atoms with Gasteiger partial charge >= 0.3 is 0 Å². The topological polar surface area (TPSA) is 73.9 Å². The number of aryl methyl sites for hydroxylation is 2. The van der Waals surface area contributed by atoms with Gasteiger partial charge in [0.25, 0.3) is 0 Å². The molecule has 1 heterocycles. The van der Waals surface area contributed by atoms with Crippen LogP contribution in [0.2, 0.25) is 5.02 Å². The normalized spacial score (nSPS) is 10.6. The van der Waals surface area contributed by atoms with Crippen molar-refractivity contribution in [2.45, 2.75) is 20.4 Å². The van der Waals surface area contributed by atoms with E-state index in [0.717, 1.165) is 11.1 Å². The lowest BCUT2D eigenvalue weighted by Gasteiger charge is -2.10. The van der Waals surface area contributed by atoms with Gasteiger partial charge in [0.15, 0.2) is 5.82 Å². The minimum absolute atomic E-state index is 0.277. The van der Waals surface area contributed by atoms with Gasteiger partial charge in [-0.05, 0) is 31.5 Å². The Morgan fingerprint density at radius 1 is 1.21 bits per heavy atom. The molecule has 6 heteroatoms. The molecule has 100 valence electrons. The Labute approximate surface area is 116 Å². The largest absolute Gasteiger partial charge is 0.495 e. The van der Waals surface area contributed by atoms with Crippen LogP contribution in [0.25, 0.3) is 11.4 Å². The summed E-state index contributed by atoms with van der Waals surface area (Å²) in [5.74, 6) is 2.41. The highest BCUT2D eigenvalue weighted by Gasteiger charge is 2.12. The van der Waals surface area contributed by atoms with Gasteiger partial charge in [-0.2, -0.15) is 0 Å². The second kappa shape index (κ2) is 5.50. The lowest BCUT2D eigenvalue weighted by Crippen LogP contribution is -2.07. The fourth-order valence-corrected chi connectivity index (χ4v) is 2.04. The Morgan fingerprint density at radius 2 is 1.95 bits per heavy atom. The third-order valence-corrected chi connectivity index (χ3v) is 3.01. The molecular formula is C13H15ClN4O. The number of hydrogen-bond acceptors (Lipinski definition) is 5. The summed E-state index contributed by atoms with van der Waals surface area (Å²) in [6.45, 7) is 4.04. The molecule has 2 aromatic rings. The van der Waals surface area contributed by atoms with Crippen molar-refractivity contribution >= 4 is 11.6 Å². The predicted molar refractivity (Wildman–Crippen MR) is 74.2 cm³/mol. The van der Waals surface area contributed by atoms with Crippen LogP contribution in [0.15, 0.2) is 12.1 Å². The maximum atomic E-state index is 6.14. The van der Waals surface area contributed by atoms with Crippen molar-refractivity contribution < 1.29 is 4.74 Å². The zero-order valence-electron chi connectivity index (χ0n) is 11.1. The number of halogens is 1. The van der Waals surface area contributed by atoms with Gasteiger partial charge in [-0.15, -0.1) is 0 Å². The van der Waals surface area contributed by atoms with Crippen LogP contribution in [0.3, 0.4) is 0 Å². The van der Waals surface area contributed by atoms with Crippen molar-refractivity contribution in [1.29, 1.82) is 0 Å². The summed E-state index contributed by atoms with van der Waals surface area (Å²) in [5.41, 5.74) is 7.41. The van der Waals surface area contributed by atoms with Crippen molar-refractivity contribution in [2.75, 3.05) is 7.11 Å². The first-order chi connectivity index (χ1) is 9.05. The van der Waals surface area contributed by atoms with E-state index in [1.165, 1.54) is 0 Å². The molecule has 2 N–H and O–H groups in total. The molecule has 0 radical (unpaired) electrons. The Balaban J connectivity index is 2.58. The second-order valence-corrected chi connectivity index (χ2v) is 4.54. The molecule has 19 heavy (non-hydrogen) atoms. The van der Waals surface area contributed by atoms with Gasteiger partial charge in [0, 0.05) is 5.56 Å². The van der Waals surface area contributed by atoms with Crippen LogP contribution in [0.1, 0.15) is 17.2 Å². The third-order valence-electron chi connectivity index (χ3n) is 2.72. The predicted octanol–water partition coefficient (Wildman–Crippen LogP) is 2.28. The molecule has 0 aliphatic carbocycles.